The molecule has 0 spiro atoms. The Kier molecular flexibility index (Phi) is 5.39. The number of fused-ring (bicyclic) bond motifs is 1. The number of nitrogens with zero attached hydrogens (tertiary/aromatic N) is 2. The van der Waals surface area contributed by atoms with Crippen LogP contribution in [0.5, 0.6) is 5.75 Å². The molecule has 0 radical (unpaired) electrons. The van der Waals surface area contributed by atoms with Crippen LogP contribution in [0.15, 0.2) is 88.8 Å². The van der Waals surface area contributed by atoms with Gasteiger partial charge in [-0.1, -0.05) is 42.1 Å². The van der Waals surface area contributed by atoms with Gasteiger partial charge in [-0.3, -0.25) is 9.36 Å². The molecule has 1 heterocycles. The first-order chi connectivity index (χ1) is 13.7. The number of aromatic nitrogens is 2. The van der Waals surface area contributed by atoms with Gasteiger partial charge < -0.3 is 4.74 Å². The summed E-state index contributed by atoms with van der Waals surface area (Å²) in [7, 11) is 0. The smallest absolute Gasteiger partial charge is 0.266 e. The standard InChI is InChI=1S/C22H17FN2O2S/c23-16-10-12-17(13-11-16)25-21(26)19-8-4-5-9-20(19)24-22(25)28-15-14-27-18-6-2-1-3-7-18/h1-13H,14-15H2. The van der Waals surface area contributed by atoms with Gasteiger partial charge in [-0.2, -0.15) is 0 Å². The van der Waals surface area contributed by atoms with E-state index in [2.05, 4.69) is 4.98 Å². The molecule has 6 heteroatoms. The first-order valence-corrected chi connectivity index (χ1v) is 9.79. The van der Waals surface area contributed by atoms with Gasteiger partial charge in [-0.05, 0) is 48.5 Å². The number of benzene rings is 3. The van der Waals surface area contributed by atoms with Crippen molar-refractivity contribution < 1.29 is 9.13 Å². The van der Waals surface area contributed by atoms with Gasteiger partial charge in [-0.15, -0.1) is 0 Å². The molecule has 0 bridgehead atoms. The SMILES string of the molecule is O=c1c2ccccc2nc(SCCOc2ccccc2)n1-c1ccc(F)cc1. The summed E-state index contributed by atoms with van der Waals surface area (Å²) in [6.07, 6.45) is 0. The minimum atomic E-state index is -0.351. The molecule has 0 N–H and O–H groups in total. The van der Waals surface area contributed by atoms with E-state index in [1.807, 2.05) is 42.5 Å². The third-order valence-corrected chi connectivity index (χ3v) is 5.06. The maximum Gasteiger partial charge on any atom is 0.266 e. The average molecular weight is 392 g/mol. The van der Waals surface area contributed by atoms with Crippen LogP contribution in [0, 0.1) is 5.82 Å². The van der Waals surface area contributed by atoms with Gasteiger partial charge in [0.1, 0.15) is 11.6 Å². The minimum absolute atomic E-state index is 0.177. The molecule has 0 atom stereocenters. The van der Waals surface area contributed by atoms with Crippen LogP contribution in [0.1, 0.15) is 0 Å². The lowest BCUT2D eigenvalue weighted by Crippen LogP contribution is -2.22. The summed E-state index contributed by atoms with van der Waals surface area (Å²) in [5, 5.41) is 1.07. The van der Waals surface area contributed by atoms with Crippen LogP contribution in [0.25, 0.3) is 16.6 Å². The summed E-state index contributed by atoms with van der Waals surface area (Å²) < 4.78 is 20.6. The predicted octanol–water partition coefficient (Wildman–Crippen LogP) is 4.70. The first kappa shape index (κ1) is 18.3. The number of halogens is 1. The quantitative estimate of drug-likeness (QED) is 0.271. The van der Waals surface area contributed by atoms with Crippen LogP contribution in [-0.4, -0.2) is 21.9 Å². The number of hydrogen-bond acceptors (Lipinski definition) is 4. The van der Waals surface area contributed by atoms with Crippen molar-refractivity contribution in [2.24, 2.45) is 0 Å². The van der Waals surface area contributed by atoms with E-state index in [1.165, 1.54) is 28.5 Å². The Morgan fingerprint density at radius 3 is 2.43 bits per heavy atom. The fourth-order valence-electron chi connectivity index (χ4n) is 2.84. The van der Waals surface area contributed by atoms with Gasteiger partial charge in [0, 0.05) is 5.75 Å². The number of thioether (sulfide) groups is 1. The van der Waals surface area contributed by atoms with E-state index in [1.54, 1.807) is 24.3 Å². The maximum absolute atomic E-state index is 13.3. The summed E-state index contributed by atoms with van der Waals surface area (Å²) in [5.74, 6) is 1.06. The molecule has 0 unspecified atom stereocenters. The lowest BCUT2D eigenvalue weighted by atomic mass is 10.2. The molecular formula is C22H17FN2O2S. The summed E-state index contributed by atoms with van der Waals surface area (Å²) in [6.45, 7) is 0.473. The van der Waals surface area contributed by atoms with Crippen LogP contribution >= 0.6 is 11.8 Å². The molecule has 0 amide bonds. The molecule has 4 rings (SSSR count). The molecule has 0 aliphatic carbocycles. The Balaban J connectivity index is 1.64. The normalized spacial score (nSPS) is 10.9. The van der Waals surface area contributed by atoms with E-state index >= 15 is 0 Å². The summed E-state index contributed by atoms with van der Waals surface area (Å²) in [5.41, 5.74) is 1.04. The highest BCUT2D eigenvalue weighted by Gasteiger charge is 2.13. The summed E-state index contributed by atoms with van der Waals surface area (Å²) in [6, 6.07) is 22.6. The van der Waals surface area contributed by atoms with E-state index in [9.17, 15) is 9.18 Å². The molecule has 0 aliphatic heterocycles. The molecule has 4 aromatic rings. The molecule has 3 aromatic carbocycles. The van der Waals surface area contributed by atoms with Crippen LogP contribution < -0.4 is 10.3 Å². The fraction of sp³-hybridized carbons (Fsp3) is 0.0909. The van der Waals surface area contributed by atoms with E-state index in [0.29, 0.717) is 34.1 Å². The number of para-hydroxylation sites is 2. The second-order valence-corrected chi connectivity index (χ2v) is 7.10. The molecule has 0 saturated heterocycles. The van der Waals surface area contributed by atoms with E-state index in [0.717, 1.165) is 5.75 Å². The summed E-state index contributed by atoms with van der Waals surface area (Å²) in [4.78, 5) is 17.7. The van der Waals surface area contributed by atoms with Crippen molar-refractivity contribution in [3.8, 4) is 11.4 Å². The molecule has 0 saturated carbocycles. The Morgan fingerprint density at radius 2 is 1.64 bits per heavy atom. The lowest BCUT2D eigenvalue weighted by molar-refractivity contribution is 0.344. The van der Waals surface area contributed by atoms with Gasteiger partial charge in [0.05, 0.1) is 23.2 Å². The highest BCUT2D eigenvalue weighted by Crippen LogP contribution is 2.22. The first-order valence-electron chi connectivity index (χ1n) is 8.81. The van der Waals surface area contributed by atoms with Crippen molar-refractivity contribution in [2.75, 3.05) is 12.4 Å². The molecular weight excluding hydrogens is 375 g/mol. The summed E-state index contributed by atoms with van der Waals surface area (Å²) >= 11 is 1.43. The van der Waals surface area contributed by atoms with Crippen LogP contribution in [0.3, 0.4) is 0 Å². The van der Waals surface area contributed by atoms with Gasteiger partial charge in [0.2, 0.25) is 0 Å². The zero-order valence-electron chi connectivity index (χ0n) is 14.9. The van der Waals surface area contributed by atoms with Crippen LogP contribution in [-0.2, 0) is 0 Å². The Bertz CT molecular complexity index is 1140. The minimum Gasteiger partial charge on any atom is -0.493 e. The Labute approximate surface area is 165 Å². The van der Waals surface area contributed by atoms with E-state index < -0.39 is 0 Å². The van der Waals surface area contributed by atoms with Crippen molar-refractivity contribution in [2.45, 2.75) is 5.16 Å². The highest BCUT2D eigenvalue weighted by atomic mass is 32.2. The predicted molar refractivity (Wildman–Crippen MR) is 110 cm³/mol. The van der Waals surface area contributed by atoms with Crippen LogP contribution in [0.4, 0.5) is 4.39 Å². The van der Waals surface area contributed by atoms with Crippen LogP contribution in [0.2, 0.25) is 0 Å². The monoisotopic (exact) mass is 392 g/mol. The Morgan fingerprint density at radius 1 is 0.929 bits per heavy atom. The Hall–Kier alpha value is -3.12. The van der Waals surface area contributed by atoms with Gasteiger partial charge >= 0.3 is 0 Å². The lowest BCUT2D eigenvalue weighted by Gasteiger charge is -2.13. The third-order valence-electron chi connectivity index (χ3n) is 4.16. The molecule has 0 aliphatic rings. The van der Waals surface area contributed by atoms with Crippen molar-refractivity contribution in [3.05, 3.63) is 95.0 Å². The topological polar surface area (TPSA) is 44.1 Å². The number of rotatable bonds is 6. The van der Waals surface area contributed by atoms with E-state index in [4.69, 9.17) is 4.74 Å². The largest absolute Gasteiger partial charge is 0.493 e. The fourth-order valence-corrected chi connectivity index (χ4v) is 3.67. The van der Waals surface area contributed by atoms with Gasteiger partial charge in [0.25, 0.3) is 5.56 Å². The second-order valence-electron chi connectivity index (χ2n) is 6.04. The average Bonchev–Trinajstić information content (AvgIpc) is 2.73. The van der Waals surface area contributed by atoms with E-state index in [-0.39, 0.29) is 11.4 Å². The van der Waals surface area contributed by atoms with Gasteiger partial charge in [0.15, 0.2) is 5.16 Å². The molecule has 4 nitrogen and oxygen atoms in total. The second kappa shape index (κ2) is 8.27. The maximum atomic E-state index is 13.3. The van der Waals surface area contributed by atoms with Crippen molar-refractivity contribution >= 4 is 22.7 Å². The zero-order valence-corrected chi connectivity index (χ0v) is 15.7. The number of hydrogen-bond donors (Lipinski definition) is 0. The molecule has 0 fully saturated rings. The van der Waals surface area contributed by atoms with Crippen molar-refractivity contribution in [3.63, 3.8) is 0 Å². The molecule has 140 valence electrons. The highest BCUT2D eigenvalue weighted by molar-refractivity contribution is 7.99. The zero-order chi connectivity index (χ0) is 19.3. The van der Waals surface area contributed by atoms with Crippen molar-refractivity contribution in [1.29, 1.82) is 0 Å². The van der Waals surface area contributed by atoms with Crippen molar-refractivity contribution in [1.82, 2.24) is 9.55 Å². The van der Waals surface area contributed by atoms with Gasteiger partial charge in [-0.25, -0.2) is 9.37 Å². The third kappa shape index (κ3) is 3.92. The molecule has 1 aromatic heterocycles. The molecule has 28 heavy (non-hydrogen) atoms. The number of ether oxygens (including phenoxy) is 1.